The van der Waals surface area contributed by atoms with Crippen LogP contribution in [-0.4, -0.2) is 52.9 Å². The van der Waals surface area contributed by atoms with Crippen LogP contribution < -0.4 is 5.73 Å². The molecule has 0 radical (unpaired) electrons. The fraction of sp³-hybridized carbons (Fsp3) is 0.450. The van der Waals surface area contributed by atoms with Crippen LogP contribution in [0.25, 0.3) is 10.2 Å². The van der Waals surface area contributed by atoms with Crippen LogP contribution in [-0.2, 0) is 12.0 Å². The van der Waals surface area contributed by atoms with E-state index in [1.54, 1.807) is 30.3 Å². The number of fused-ring (bicyclic) bond motifs is 1. The van der Waals surface area contributed by atoms with Gasteiger partial charge in [-0.1, -0.05) is 6.92 Å². The standard InChI is InChI=1S/C20H25N5OS2/c1-20(7-4-8-25(11-20)10-13-9-22-12-27-13)15-6-5-14-16(21)17(19(26)24(2)3)28-18(14)23-15/h5-6,9,12H,4,7-8,10-11,21H2,1-3H3. The molecule has 1 aliphatic rings. The molecule has 1 saturated heterocycles. The maximum absolute atomic E-state index is 12.4. The molecule has 148 valence electrons. The zero-order chi connectivity index (χ0) is 19.9. The van der Waals surface area contributed by atoms with Gasteiger partial charge in [-0.15, -0.1) is 22.7 Å². The second-order valence-corrected chi connectivity index (χ2v) is 9.91. The minimum absolute atomic E-state index is 0.0123. The summed E-state index contributed by atoms with van der Waals surface area (Å²) in [4.78, 5) is 28.3. The first-order valence-electron chi connectivity index (χ1n) is 9.38. The molecule has 1 aliphatic heterocycles. The van der Waals surface area contributed by atoms with Crippen LogP contribution >= 0.6 is 22.7 Å². The molecule has 2 N–H and O–H groups in total. The van der Waals surface area contributed by atoms with Crippen molar-refractivity contribution in [3.8, 4) is 0 Å². The van der Waals surface area contributed by atoms with E-state index in [9.17, 15) is 4.79 Å². The molecular weight excluding hydrogens is 390 g/mol. The molecule has 28 heavy (non-hydrogen) atoms. The predicted molar refractivity (Wildman–Crippen MR) is 116 cm³/mol. The van der Waals surface area contributed by atoms with Crippen molar-refractivity contribution >= 4 is 44.5 Å². The van der Waals surface area contributed by atoms with E-state index in [2.05, 4.69) is 22.9 Å². The number of rotatable bonds is 4. The molecule has 1 fully saturated rings. The maximum Gasteiger partial charge on any atom is 0.265 e. The van der Waals surface area contributed by atoms with Gasteiger partial charge >= 0.3 is 0 Å². The third-order valence-corrected chi connectivity index (χ3v) is 7.32. The monoisotopic (exact) mass is 415 g/mol. The number of carbonyl (C=O) groups is 1. The normalized spacial score (nSPS) is 20.5. The molecule has 0 spiro atoms. The Bertz CT molecular complexity index is 998. The zero-order valence-corrected chi connectivity index (χ0v) is 18.1. The molecule has 6 nitrogen and oxygen atoms in total. The van der Waals surface area contributed by atoms with E-state index in [1.165, 1.54) is 16.2 Å². The Balaban J connectivity index is 1.63. The highest BCUT2D eigenvalue weighted by Crippen LogP contribution is 2.38. The number of pyridine rings is 1. The van der Waals surface area contributed by atoms with Crippen molar-refractivity contribution in [2.45, 2.75) is 31.7 Å². The summed E-state index contributed by atoms with van der Waals surface area (Å²) < 4.78 is 0. The van der Waals surface area contributed by atoms with Gasteiger partial charge in [0.2, 0.25) is 0 Å². The first kappa shape index (κ1) is 19.3. The quantitative estimate of drug-likeness (QED) is 0.705. The van der Waals surface area contributed by atoms with Crippen LogP contribution in [0.4, 0.5) is 5.69 Å². The summed E-state index contributed by atoms with van der Waals surface area (Å²) in [7, 11) is 3.48. The number of aromatic nitrogens is 2. The minimum Gasteiger partial charge on any atom is -0.397 e. The first-order chi connectivity index (χ1) is 13.4. The second kappa shape index (κ2) is 7.42. The number of nitrogen functional groups attached to an aromatic ring is 1. The van der Waals surface area contributed by atoms with Crippen molar-refractivity contribution in [1.82, 2.24) is 19.8 Å². The van der Waals surface area contributed by atoms with E-state index >= 15 is 0 Å². The van der Waals surface area contributed by atoms with Crippen LogP contribution in [0.3, 0.4) is 0 Å². The first-order valence-corrected chi connectivity index (χ1v) is 11.1. The van der Waals surface area contributed by atoms with Crippen molar-refractivity contribution in [1.29, 1.82) is 0 Å². The second-order valence-electron chi connectivity index (χ2n) is 7.94. The van der Waals surface area contributed by atoms with Crippen molar-refractivity contribution in [3.63, 3.8) is 0 Å². The van der Waals surface area contributed by atoms with Gasteiger partial charge in [0.05, 0.1) is 11.2 Å². The number of hydrogen-bond donors (Lipinski definition) is 1. The molecule has 1 unspecified atom stereocenters. The molecular formula is C20H25N5OS2. The highest BCUT2D eigenvalue weighted by Gasteiger charge is 2.34. The Kier molecular flexibility index (Phi) is 5.11. The Labute approximate surface area is 173 Å². The molecule has 3 aromatic rings. The summed E-state index contributed by atoms with van der Waals surface area (Å²) in [6.07, 6.45) is 4.21. The average Bonchev–Trinajstić information content (AvgIpc) is 3.29. The molecule has 0 aliphatic carbocycles. The summed E-state index contributed by atoms with van der Waals surface area (Å²) in [6, 6.07) is 4.12. The van der Waals surface area contributed by atoms with Crippen molar-refractivity contribution in [2.24, 2.45) is 0 Å². The van der Waals surface area contributed by atoms with Gasteiger partial charge in [0.15, 0.2) is 0 Å². The Morgan fingerprint density at radius 2 is 2.21 bits per heavy atom. The van der Waals surface area contributed by atoms with E-state index in [1.807, 2.05) is 17.8 Å². The highest BCUT2D eigenvalue weighted by molar-refractivity contribution is 7.21. The Morgan fingerprint density at radius 1 is 1.39 bits per heavy atom. The largest absolute Gasteiger partial charge is 0.397 e. The van der Waals surface area contributed by atoms with E-state index in [0.717, 1.165) is 48.4 Å². The van der Waals surface area contributed by atoms with Crippen LogP contribution in [0.5, 0.6) is 0 Å². The number of thiazole rings is 1. The summed E-state index contributed by atoms with van der Waals surface area (Å²) in [5.74, 6) is -0.0679. The summed E-state index contributed by atoms with van der Waals surface area (Å²) >= 11 is 3.10. The molecule has 0 bridgehead atoms. The number of anilines is 1. The van der Waals surface area contributed by atoms with Gasteiger partial charge in [-0.2, -0.15) is 0 Å². The molecule has 0 aromatic carbocycles. The number of amides is 1. The predicted octanol–water partition coefficient (Wildman–Crippen LogP) is 3.59. The molecule has 0 saturated carbocycles. The minimum atomic E-state index is -0.0679. The van der Waals surface area contributed by atoms with Crippen LogP contribution in [0.15, 0.2) is 23.8 Å². The fourth-order valence-corrected chi connectivity index (χ4v) is 5.68. The summed E-state index contributed by atoms with van der Waals surface area (Å²) in [6.45, 7) is 5.30. The topological polar surface area (TPSA) is 75.4 Å². The van der Waals surface area contributed by atoms with E-state index < -0.39 is 0 Å². The number of nitrogens with zero attached hydrogens (tertiary/aromatic N) is 4. The fourth-order valence-electron chi connectivity index (χ4n) is 3.92. The third kappa shape index (κ3) is 3.52. The van der Waals surface area contributed by atoms with E-state index in [0.29, 0.717) is 10.6 Å². The average molecular weight is 416 g/mol. The number of likely N-dealkylation sites (tertiary alicyclic amines) is 1. The van der Waals surface area contributed by atoms with Gasteiger partial charge in [-0.25, -0.2) is 4.98 Å². The summed E-state index contributed by atoms with van der Waals surface area (Å²) in [5.41, 5.74) is 9.75. The zero-order valence-electron chi connectivity index (χ0n) is 16.4. The lowest BCUT2D eigenvalue weighted by Crippen LogP contribution is -2.44. The number of piperidine rings is 1. The molecule has 8 heteroatoms. The lowest BCUT2D eigenvalue weighted by atomic mass is 9.78. The number of nitrogens with two attached hydrogens (primary N) is 1. The molecule has 3 aromatic heterocycles. The summed E-state index contributed by atoms with van der Waals surface area (Å²) in [5, 5.41) is 0.875. The van der Waals surface area contributed by atoms with Crippen molar-refractivity contribution in [2.75, 3.05) is 32.9 Å². The van der Waals surface area contributed by atoms with Gasteiger partial charge in [-0.05, 0) is 31.5 Å². The number of hydrogen-bond acceptors (Lipinski definition) is 7. The van der Waals surface area contributed by atoms with Crippen LogP contribution in [0.2, 0.25) is 0 Å². The number of thiophene rings is 1. The molecule has 4 heterocycles. The lowest BCUT2D eigenvalue weighted by Gasteiger charge is -2.40. The lowest BCUT2D eigenvalue weighted by molar-refractivity contribution is 0.0833. The van der Waals surface area contributed by atoms with Gasteiger partial charge in [0.25, 0.3) is 5.91 Å². The van der Waals surface area contributed by atoms with Crippen LogP contribution in [0.1, 0.15) is 40.0 Å². The smallest absolute Gasteiger partial charge is 0.265 e. The highest BCUT2D eigenvalue weighted by atomic mass is 32.1. The van der Waals surface area contributed by atoms with Gasteiger partial charge in [0.1, 0.15) is 9.71 Å². The maximum atomic E-state index is 12.4. The third-order valence-electron chi connectivity index (χ3n) is 5.45. The number of carbonyl (C=O) groups excluding carboxylic acids is 1. The Morgan fingerprint density at radius 3 is 2.93 bits per heavy atom. The SMILES string of the molecule is CN(C)C(=O)c1sc2nc(C3(C)CCCN(Cc4cncs4)C3)ccc2c1N. The Hall–Kier alpha value is -2.03. The molecule has 1 atom stereocenters. The van der Waals surface area contributed by atoms with Crippen LogP contribution in [0, 0.1) is 0 Å². The molecule has 1 amide bonds. The van der Waals surface area contributed by atoms with E-state index in [-0.39, 0.29) is 11.3 Å². The van der Waals surface area contributed by atoms with Gasteiger partial charge in [-0.3, -0.25) is 14.7 Å². The molecule has 4 rings (SSSR count). The van der Waals surface area contributed by atoms with Gasteiger partial charge < -0.3 is 10.6 Å². The van der Waals surface area contributed by atoms with Crippen molar-refractivity contribution < 1.29 is 4.79 Å². The van der Waals surface area contributed by atoms with E-state index in [4.69, 9.17) is 10.7 Å². The van der Waals surface area contributed by atoms with Crippen molar-refractivity contribution in [3.05, 3.63) is 39.3 Å². The van der Waals surface area contributed by atoms with Gasteiger partial charge in [0, 0.05) is 54.8 Å².